The molecule has 1 aliphatic rings. The maximum Gasteiger partial charge on any atom is 0.387 e. The maximum atomic E-state index is 12.9. The molecule has 1 fully saturated rings. The Bertz CT molecular complexity index is 1030. The second kappa shape index (κ2) is 9.21. The molecule has 0 saturated carbocycles. The number of phenols is 1. The van der Waals surface area contributed by atoms with Gasteiger partial charge in [0.1, 0.15) is 17.0 Å². The highest BCUT2D eigenvalue weighted by Crippen LogP contribution is 2.31. The number of rotatable bonds is 8. The predicted molar refractivity (Wildman–Crippen MR) is 115 cm³/mol. The highest BCUT2D eigenvalue weighted by Gasteiger charge is 2.49. The number of carbonyl (C=O) groups is 2. The minimum Gasteiger partial charge on any atom is -0.507 e. The van der Waals surface area contributed by atoms with E-state index in [0.29, 0.717) is 16.1 Å². The molecule has 0 aliphatic carbocycles. The van der Waals surface area contributed by atoms with Gasteiger partial charge in [0, 0.05) is 30.4 Å². The van der Waals surface area contributed by atoms with E-state index in [-0.39, 0.29) is 11.5 Å². The van der Waals surface area contributed by atoms with Gasteiger partial charge in [-0.1, -0.05) is 12.1 Å². The van der Waals surface area contributed by atoms with Crippen LogP contribution in [-0.4, -0.2) is 48.0 Å². The fraction of sp³-hybridized carbons (Fsp3) is 0.318. The number of carbonyl (C=O) groups excluding carboxylic acids is 2. The van der Waals surface area contributed by atoms with E-state index in [1.165, 1.54) is 37.4 Å². The van der Waals surface area contributed by atoms with E-state index in [0.717, 1.165) is 18.8 Å². The summed E-state index contributed by atoms with van der Waals surface area (Å²) >= 11 is 0. The van der Waals surface area contributed by atoms with Crippen LogP contribution in [0.1, 0.15) is 31.9 Å². The summed E-state index contributed by atoms with van der Waals surface area (Å²) in [5, 5.41) is 17.5. The van der Waals surface area contributed by atoms with Crippen molar-refractivity contribution in [2.24, 2.45) is 5.10 Å². The van der Waals surface area contributed by atoms with Crippen LogP contribution in [0.3, 0.4) is 0 Å². The summed E-state index contributed by atoms with van der Waals surface area (Å²) in [6.45, 7) is 4.08. The van der Waals surface area contributed by atoms with Crippen LogP contribution >= 0.6 is 0 Å². The lowest BCUT2D eigenvalue weighted by molar-refractivity contribution is -0.131. The van der Waals surface area contributed by atoms with Crippen molar-refractivity contribution in [3.05, 3.63) is 53.6 Å². The lowest BCUT2D eigenvalue weighted by atomic mass is 9.92. The highest BCUT2D eigenvalue weighted by atomic mass is 19.3. The third kappa shape index (κ3) is 4.48. The van der Waals surface area contributed by atoms with Crippen molar-refractivity contribution in [1.29, 1.82) is 0 Å². The van der Waals surface area contributed by atoms with Crippen molar-refractivity contribution in [3.63, 3.8) is 0 Å². The lowest BCUT2D eigenvalue weighted by Gasteiger charge is -2.21. The Labute approximate surface area is 184 Å². The molecule has 8 nitrogen and oxygen atoms in total. The van der Waals surface area contributed by atoms with Crippen molar-refractivity contribution in [1.82, 2.24) is 10.3 Å². The van der Waals surface area contributed by atoms with E-state index in [1.54, 1.807) is 12.1 Å². The van der Waals surface area contributed by atoms with E-state index in [9.17, 15) is 23.5 Å². The molecule has 2 N–H and O–H groups in total. The molecule has 1 heterocycles. The normalized spacial score (nSPS) is 18.5. The highest BCUT2D eigenvalue weighted by molar-refractivity contribution is 6.07. The van der Waals surface area contributed by atoms with E-state index >= 15 is 0 Å². The zero-order valence-electron chi connectivity index (χ0n) is 17.9. The summed E-state index contributed by atoms with van der Waals surface area (Å²) in [6, 6.07) is 9.70. The number of urea groups is 1. The number of halogens is 2. The van der Waals surface area contributed by atoms with Crippen LogP contribution in [0, 0.1) is 0 Å². The van der Waals surface area contributed by atoms with E-state index in [2.05, 4.69) is 20.1 Å². The Morgan fingerprint density at radius 3 is 2.41 bits per heavy atom. The molecule has 3 amide bonds. The Morgan fingerprint density at radius 2 is 1.84 bits per heavy atom. The summed E-state index contributed by atoms with van der Waals surface area (Å²) in [5.41, 5.74) is 0.114. The van der Waals surface area contributed by atoms with Gasteiger partial charge >= 0.3 is 12.6 Å². The average molecular weight is 446 g/mol. The van der Waals surface area contributed by atoms with Crippen LogP contribution in [0.25, 0.3) is 0 Å². The average Bonchev–Trinajstić information content (AvgIpc) is 2.97. The lowest BCUT2D eigenvalue weighted by Crippen LogP contribution is -2.40. The first-order valence-corrected chi connectivity index (χ1v) is 10.0. The van der Waals surface area contributed by atoms with E-state index in [1.807, 2.05) is 19.9 Å². The molecule has 1 atom stereocenters. The largest absolute Gasteiger partial charge is 0.507 e. The van der Waals surface area contributed by atoms with Crippen LogP contribution < -0.4 is 15.0 Å². The molecule has 0 unspecified atom stereocenters. The van der Waals surface area contributed by atoms with Gasteiger partial charge in [0.15, 0.2) is 0 Å². The quantitative estimate of drug-likeness (QED) is 0.477. The SMILES string of the molecule is CCN(CC)c1ccc(/C=N/N2C(=O)N[C@](C)(c3ccc(OC(F)F)cc3)C2=O)c(O)c1. The van der Waals surface area contributed by atoms with E-state index in [4.69, 9.17) is 0 Å². The number of imide groups is 1. The first-order chi connectivity index (χ1) is 15.2. The molecule has 170 valence electrons. The minimum atomic E-state index is -2.97. The third-order valence-corrected chi connectivity index (χ3v) is 5.28. The number of amides is 3. The number of nitrogens with one attached hydrogen (secondary N) is 1. The van der Waals surface area contributed by atoms with Crippen molar-refractivity contribution in [3.8, 4) is 11.5 Å². The number of hydrazone groups is 1. The second-order valence-electron chi connectivity index (χ2n) is 7.23. The van der Waals surface area contributed by atoms with Gasteiger partial charge in [-0.3, -0.25) is 4.79 Å². The van der Waals surface area contributed by atoms with Gasteiger partial charge < -0.3 is 20.1 Å². The molecule has 32 heavy (non-hydrogen) atoms. The Morgan fingerprint density at radius 1 is 1.19 bits per heavy atom. The maximum absolute atomic E-state index is 12.9. The Balaban J connectivity index is 1.79. The Hall–Kier alpha value is -3.69. The fourth-order valence-electron chi connectivity index (χ4n) is 3.44. The first kappa shape index (κ1) is 23.0. The van der Waals surface area contributed by atoms with Gasteiger partial charge in [-0.2, -0.15) is 13.9 Å². The zero-order valence-corrected chi connectivity index (χ0v) is 17.9. The number of phenolic OH excluding ortho intramolecular Hbond substituents is 1. The third-order valence-electron chi connectivity index (χ3n) is 5.28. The van der Waals surface area contributed by atoms with Crippen molar-refractivity contribution < 1.29 is 28.2 Å². The van der Waals surface area contributed by atoms with Crippen LogP contribution in [0.5, 0.6) is 11.5 Å². The molecular formula is C22H24F2N4O4. The van der Waals surface area contributed by atoms with Crippen molar-refractivity contribution in [2.75, 3.05) is 18.0 Å². The van der Waals surface area contributed by atoms with Gasteiger partial charge in [0.2, 0.25) is 0 Å². The smallest absolute Gasteiger partial charge is 0.387 e. The molecule has 0 spiro atoms. The number of anilines is 1. The topological polar surface area (TPSA) is 94.5 Å². The van der Waals surface area contributed by atoms with E-state index < -0.39 is 24.1 Å². The number of aromatic hydroxyl groups is 1. The van der Waals surface area contributed by atoms with Crippen LogP contribution in [0.4, 0.5) is 19.3 Å². The fourth-order valence-corrected chi connectivity index (χ4v) is 3.44. The molecule has 0 bridgehead atoms. The number of benzene rings is 2. The number of ether oxygens (including phenoxy) is 1. The summed E-state index contributed by atoms with van der Waals surface area (Å²) in [7, 11) is 0. The predicted octanol–water partition coefficient (Wildman–Crippen LogP) is 3.64. The molecular weight excluding hydrogens is 422 g/mol. The first-order valence-electron chi connectivity index (χ1n) is 10.0. The summed E-state index contributed by atoms with van der Waals surface area (Å²) in [4.78, 5) is 27.4. The molecule has 1 saturated heterocycles. The summed E-state index contributed by atoms with van der Waals surface area (Å²) in [6.07, 6.45) is 1.23. The Kier molecular flexibility index (Phi) is 6.61. The minimum absolute atomic E-state index is 0.0393. The van der Waals surface area contributed by atoms with Crippen molar-refractivity contribution in [2.45, 2.75) is 32.9 Å². The molecule has 0 aromatic heterocycles. The number of hydrogen-bond donors (Lipinski definition) is 2. The van der Waals surface area contributed by atoms with Gasteiger partial charge in [0.25, 0.3) is 5.91 Å². The van der Waals surface area contributed by atoms with Crippen LogP contribution in [0.15, 0.2) is 47.6 Å². The zero-order chi connectivity index (χ0) is 23.5. The molecule has 2 aromatic carbocycles. The second-order valence-corrected chi connectivity index (χ2v) is 7.23. The van der Waals surface area contributed by atoms with Gasteiger partial charge in [-0.15, -0.1) is 5.01 Å². The van der Waals surface area contributed by atoms with Gasteiger partial charge in [0.05, 0.1) is 6.21 Å². The molecule has 3 rings (SSSR count). The standard InChI is InChI=1S/C22H24F2N4O4/c1-4-27(5-2)16-9-6-14(18(29)12-16)13-25-28-19(30)22(3,26-21(28)31)15-7-10-17(11-8-15)32-20(23)24/h6-13,20,29H,4-5H2,1-3H3,(H,26,31)/b25-13+/t22-/m1/s1. The number of alkyl halides is 2. The molecule has 10 heteroatoms. The molecule has 2 aromatic rings. The molecule has 1 aliphatic heterocycles. The van der Waals surface area contributed by atoms with Crippen molar-refractivity contribution >= 4 is 23.8 Å². The summed E-state index contributed by atoms with van der Waals surface area (Å²) in [5.74, 6) is -0.759. The van der Waals surface area contributed by atoms with Gasteiger partial charge in [-0.05, 0) is 50.6 Å². The monoisotopic (exact) mass is 446 g/mol. The number of nitrogens with zero attached hydrogens (tertiary/aromatic N) is 3. The summed E-state index contributed by atoms with van der Waals surface area (Å²) < 4.78 is 29.0. The number of hydrogen-bond acceptors (Lipinski definition) is 6. The van der Waals surface area contributed by atoms with Crippen LogP contribution in [-0.2, 0) is 10.3 Å². The molecule has 0 radical (unpaired) electrons. The van der Waals surface area contributed by atoms with Gasteiger partial charge in [-0.25, -0.2) is 4.79 Å². The van der Waals surface area contributed by atoms with Crippen LogP contribution in [0.2, 0.25) is 0 Å².